The Balaban J connectivity index is 1.76. The van der Waals surface area contributed by atoms with E-state index >= 15 is 0 Å². The van der Waals surface area contributed by atoms with Gasteiger partial charge in [-0.15, -0.1) is 11.8 Å². The summed E-state index contributed by atoms with van der Waals surface area (Å²) in [5.41, 5.74) is 1.76. The Morgan fingerprint density at radius 2 is 2.00 bits per heavy atom. The Kier molecular flexibility index (Phi) is 6.27. The molecule has 0 fully saturated rings. The molecule has 3 aromatic rings. The van der Waals surface area contributed by atoms with Crippen LogP contribution in [-0.4, -0.2) is 16.2 Å². The van der Waals surface area contributed by atoms with Crippen LogP contribution in [0.5, 0.6) is 0 Å². The van der Waals surface area contributed by atoms with Crippen LogP contribution in [0.15, 0.2) is 52.4 Å². The Hall–Kier alpha value is -1.92. The molecule has 0 aliphatic heterocycles. The fraction of sp³-hybridized carbons (Fsp3) is 0.300. The van der Waals surface area contributed by atoms with Crippen molar-refractivity contribution in [2.45, 2.75) is 38.1 Å². The van der Waals surface area contributed by atoms with E-state index in [0.29, 0.717) is 29.0 Å². The minimum Gasteiger partial charge on any atom is -0.314 e. The van der Waals surface area contributed by atoms with Crippen LogP contribution in [-0.2, 0) is 11.3 Å². The summed E-state index contributed by atoms with van der Waals surface area (Å²) in [4.78, 5) is 18.3. The molecule has 0 N–H and O–H groups in total. The van der Waals surface area contributed by atoms with E-state index in [1.807, 2.05) is 17.6 Å². The number of halogens is 1. The van der Waals surface area contributed by atoms with Gasteiger partial charge < -0.3 is 4.57 Å². The van der Waals surface area contributed by atoms with E-state index < -0.39 is 0 Å². The summed E-state index contributed by atoms with van der Waals surface area (Å²) in [6, 6.07) is 13.3. The molecule has 1 aromatic heterocycles. The maximum absolute atomic E-state index is 14.2. The van der Waals surface area contributed by atoms with Gasteiger partial charge in [-0.25, -0.2) is 4.39 Å². The first-order chi connectivity index (χ1) is 12.6. The molecule has 0 unspecified atom stereocenters. The van der Waals surface area contributed by atoms with Crippen molar-refractivity contribution < 1.29 is 9.18 Å². The molecule has 6 heteroatoms. The van der Waals surface area contributed by atoms with Crippen LogP contribution in [0.1, 0.15) is 25.3 Å². The summed E-state index contributed by atoms with van der Waals surface area (Å²) in [5.74, 6) is 0.246. The smallest absolute Gasteiger partial charge is 0.249 e. The summed E-state index contributed by atoms with van der Waals surface area (Å²) in [5, 5.41) is 0. The molecule has 0 aliphatic carbocycles. The molecule has 136 valence electrons. The van der Waals surface area contributed by atoms with Gasteiger partial charge in [0.1, 0.15) is 5.82 Å². The first-order valence-electron chi connectivity index (χ1n) is 8.63. The number of rotatable bonds is 6. The van der Waals surface area contributed by atoms with E-state index in [-0.39, 0.29) is 11.7 Å². The topological polar surface area (TPSA) is 34.4 Å². The molecule has 0 atom stereocenters. The molecule has 1 heterocycles. The fourth-order valence-corrected chi connectivity index (χ4v) is 4.59. The average Bonchev–Trinajstić information content (AvgIpc) is 2.96. The van der Waals surface area contributed by atoms with E-state index in [1.165, 1.54) is 23.0 Å². The lowest BCUT2D eigenvalue weighted by molar-refractivity contribution is -0.117. The van der Waals surface area contributed by atoms with Crippen molar-refractivity contribution in [2.24, 2.45) is 4.99 Å². The van der Waals surface area contributed by atoms with Crippen LogP contribution in [0.2, 0.25) is 0 Å². The number of amides is 1. The summed E-state index contributed by atoms with van der Waals surface area (Å²) in [7, 11) is 0. The third-order valence-electron chi connectivity index (χ3n) is 3.93. The third kappa shape index (κ3) is 4.43. The van der Waals surface area contributed by atoms with Crippen molar-refractivity contribution in [1.29, 1.82) is 0 Å². The number of nitrogens with zero attached hydrogens (tertiary/aromatic N) is 2. The van der Waals surface area contributed by atoms with Crippen molar-refractivity contribution in [2.75, 3.05) is 5.75 Å². The van der Waals surface area contributed by atoms with E-state index in [0.717, 1.165) is 16.0 Å². The number of hydrogen-bond donors (Lipinski definition) is 0. The standard InChI is InChI=1S/C20H21FN2OS2/c1-3-12-23-19-16(21)5-4-6-17(19)26-20(23)22-18(24)11-13-25-15-9-7-14(2)8-10-15/h4-10H,3,11-13H2,1-2H3. The number of carbonyl (C=O) groups excluding carboxylic acids is 1. The number of para-hydroxylation sites is 1. The Bertz CT molecular complexity index is 974. The zero-order valence-electron chi connectivity index (χ0n) is 14.9. The fourth-order valence-electron chi connectivity index (χ4n) is 2.66. The van der Waals surface area contributed by atoms with Gasteiger partial charge in [0, 0.05) is 23.6 Å². The zero-order valence-corrected chi connectivity index (χ0v) is 16.5. The zero-order chi connectivity index (χ0) is 18.5. The van der Waals surface area contributed by atoms with Gasteiger partial charge in [-0.05, 0) is 37.6 Å². The molecule has 2 aromatic carbocycles. The largest absolute Gasteiger partial charge is 0.314 e. The van der Waals surface area contributed by atoms with Crippen molar-refractivity contribution in [3.63, 3.8) is 0 Å². The van der Waals surface area contributed by atoms with Crippen LogP contribution in [0.4, 0.5) is 4.39 Å². The van der Waals surface area contributed by atoms with Crippen molar-refractivity contribution in [3.8, 4) is 0 Å². The highest BCUT2D eigenvalue weighted by atomic mass is 32.2. The summed E-state index contributed by atoms with van der Waals surface area (Å²) < 4.78 is 16.8. The van der Waals surface area contributed by atoms with E-state index in [9.17, 15) is 9.18 Å². The maximum atomic E-state index is 14.2. The summed E-state index contributed by atoms with van der Waals surface area (Å²) in [6.07, 6.45) is 1.21. The van der Waals surface area contributed by atoms with Gasteiger partial charge in [-0.2, -0.15) is 4.99 Å². The molecule has 0 spiro atoms. The van der Waals surface area contributed by atoms with E-state index in [4.69, 9.17) is 0 Å². The van der Waals surface area contributed by atoms with Crippen LogP contribution in [0.25, 0.3) is 10.2 Å². The molecule has 26 heavy (non-hydrogen) atoms. The Labute approximate surface area is 160 Å². The molecule has 3 nitrogen and oxygen atoms in total. The summed E-state index contributed by atoms with van der Waals surface area (Å²) in [6.45, 7) is 4.72. The number of aromatic nitrogens is 1. The van der Waals surface area contributed by atoms with Crippen LogP contribution in [0, 0.1) is 12.7 Å². The molecule has 1 amide bonds. The predicted octanol–water partition coefficient (Wildman–Crippen LogP) is 5.17. The normalized spacial score (nSPS) is 12.0. The van der Waals surface area contributed by atoms with Crippen LogP contribution in [0.3, 0.4) is 0 Å². The molecular weight excluding hydrogens is 367 g/mol. The molecule has 0 radical (unpaired) electrons. The third-order valence-corrected chi connectivity index (χ3v) is 5.98. The van der Waals surface area contributed by atoms with Gasteiger partial charge in [0.05, 0.1) is 10.2 Å². The molecule has 0 aliphatic rings. The van der Waals surface area contributed by atoms with Gasteiger partial charge in [0.25, 0.3) is 0 Å². The van der Waals surface area contributed by atoms with Gasteiger partial charge in [-0.1, -0.05) is 42.0 Å². The lowest BCUT2D eigenvalue weighted by Gasteiger charge is -2.03. The number of carbonyl (C=O) groups is 1. The van der Waals surface area contributed by atoms with Crippen molar-refractivity contribution in [3.05, 3.63) is 58.6 Å². The molecular formula is C20H21FN2OS2. The van der Waals surface area contributed by atoms with Crippen LogP contribution >= 0.6 is 23.1 Å². The maximum Gasteiger partial charge on any atom is 0.249 e. The summed E-state index contributed by atoms with van der Waals surface area (Å²) >= 11 is 3.01. The van der Waals surface area contributed by atoms with Gasteiger partial charge in [-0.3, -0.25) is 4.79 Å². The van der Waals surface area contributed by atoms with Crippen LogP contribution < -0.4 is 4.80 Å². The van der Waals surface area contributed by atoms with E-state index in [2.05, 4.69) is 36.2 Å². The first kappa shape index (κ1) is 18.9. The molecule has 0 saturated carbocycles. The monoisotopic (exact) mass is 388 g/mol. The lowest BCUT2D eigenvalue weighted by Crippen LogP contribution is -2.17. The highest BCUT2D eigenvalue weighted by Crippen LogP contribution is 2.21. The minimum absolute atomic E-state index is 0.165. The number of hydrogen-bond acceptors (Lipinski definition) is 3. The highest BCUT2D eigenvalue weighted by Gasteiger charge is 2.11. The number of thioether (sulfide) groups is 1. The number of benzene rings is 2. The Morgan fingerprint density at radius 1 is 1.23 bits per heavy atom. The number of aryl methyl sites for hydroxylation is 2. The van der Waals surface area contributed by atoms with Crippen molar-refractivity contribution in [1.82, 2.24) is 4.57 Å². The SMILES string of the molecule is CCCn1c(=NC(=O)CCSc2ccc(C)cc2)sc2cccc(F)c21. The van der Waals surface area contributed by atoms with Gasteiger partial charge in [0.15, 0.2) is 4.80 Å². The van der Waals surface area contributed by atoms with Gasteiger partial charge in [0.2, 0.25) is 5.91 Å². The quantitative estimate of drug-likeness (QED) is 0.546. The van der Waals surface area contributed by atoms with Gasteiger partial charge >= 0.3 is 0 Å². The molecule has 0 saturated heterocycles. The first-order valence-corrected chi connectivity index (χ1v) is 10.4. The highest BCUT2D eigenvalue weighted by molar-refractivity contribution is 7.99. The van der Waals surface area contributed by atoms with Crippen molar-refractivity contribution >= 4 is 39.2 Å². The second kappa shape index (κ2) is 8.64. The lowest BCUT2D eigenvalue weighted by atomic mass is 10.2. The predicted molar refractivity (Wildman–Crippen MR) is 107 cm³/mol. The number of thiazole rings is 1. The Morgan fingerprint density at radius 3 is 2.73 bits per heavy atom. The molecule has 3 rings (SSSR count). The number of fused-ring (bicyclic) bond motifs is 1. The minimum atomic E-state index is -0.268. The second-order valence-corrected chi connectivity index (χ2v) is 8.22. The molecule has 0 bridgehead atoms. The van der Waals surface area contributed by atoms with E-state index in [1.54, 1.807) is 17.8 Å². The second-order valence-electron chi connectivity index (χ2n) is 6.04. The average molecular weight is 389 g/mol.